The van der Waals surface area contributed by atoms with Crippen LogP contribution in [0.15, 0.2) is 46.6 Å². The fraction of sp³-hybridized carbons (Fsp3) is 0.333. The van der Waals surface area contributed by atoms with Crippen molar-refractivity contribution in [3.63, 3.8) is 0 Å². The third-order valence-corrected chi connectivity index (χ3v) is 5.32. The van der Waals surface area contributed by atoms with E-state index in [1.165, 1.54) is 0 Å². The Kier molecular flexibility index (Phi) is 5.03. The van der Waals surface area contributed by atoms with Crippen LogP contribution in [0.3, 0.4) is 0 Å². The standard InChI is InChI=1S/C18H19N5O2S/c24-18(20-14-3-1-7-19-11-14)13-5-8-23(9-6-13)12-16-21-17(22-25-16)15-4-2-10-26-15/h1-4,7,10-11,13H,5-6,8-9,12H2,(H,20,24). The Bertz CT molecular complexity index is 842. The first kappa shape index (κ1) is 16.9. The van der Waals surface area contributed by atoms with Gasteiger partial charge in [-0.15, -0.1) is 11.3 Å². The molecule has 0 atom stereocenters. The maximum atomic E-state index is 12.4. The molecule has 26 heavy (non-hydrogen) atoms. The van der Waals surface area contributed by atoms with E-state index in [-0.39, 0.29) is 11.8 Å². The normalized spacial score (nSPS) is 15.8. The largest absolute Gasteiger partial charge is 0.338 e. The van der Waals surface area contributed by atoms with Gasteiger partial charge in [0.15, 0.2) is 0 Å². The molecule has 0 aliphatic carbocycles. The van der Waals surface area contributed by atoms with Crippen LogP contribution in [0.25, 0.3) is 10.7 Å². The number of thiophene rings is 1. The monoisotopic (exact) mass is 369 g/mol. The summed E-state index contributed by atoms with van der Waals surface area (Å²) in [6.07, 6.45) is 4.99. The van der Waals surface area contributed by atoms with Gasteiger partial charge in [0.2, 0.25) is 17.6 Å². The number of nitrogens with one attached hydrogen (secondary N) is 1. The molecule has 8 heteroatoms. The van der Waals surface area contributed by atoms with E-state index in [9.17, 15) is 4.79 Å². The highest BCUT2D eigenvalue weighted by atomic mass is 32.1. The maximum absolute atomic E-state index is 12.4. The summed E-state index contributed by atoms with van der Waals surface area (Å²) in [5.74, 6) is 1.35. The van der Waals surface area contributed by atoms with Gasteiger partial charge in [-0.2, -0.15) is 4.98 Å². The molecule has 0 radical (unpaired) electrons. The quantitative estimate of drug-likeness (QED) is 0.744. The van der Waals surface area contributed by atoms with E-state index in [0.29, 0.717) is 18.3 Å². The summed E-state index contributed by atoms with van der Waals surface area (Å²) in [6, 6.07) is 7.61. The van der Waals surface area contributed by atoms with E-state index in [1.807, 2.05) is 29.6 Å². The molecule has 0 bridgehead atoms. The lowest BCUT2D eigenvalue weighted by molar-refractivity contribution is -0.121. The zero-order valence-corrected chi connectivity index (χ0v) is 15.0. The van der Waals surface area contributed by atoms with Gasteiger partial charge in [0, 0.05) is 12.1 Å². The predicted molar refractivity (Wildman–Crippen MR) is 98.5 cm³/mol. The highest BCUT2D eigenvalue weighted by Gasteiger charge is 2.26. The van der Waals surface area contributed by atoms with Crippen molar-refractivity contribution >= 4 is 22.9 Å². The number of carbonyl (C=O) groups excluding carboxylic acids is 1. The molecule has 7 nitrogen and oxygen atoms in total. The molecule has 1 aliphatic rings. The number of carbonyl (C=O) groups is 1. The van der Waals surface area contributed by atoms with Crippen molar-refractivity contribution in [2.75, 3.05) is 18.4 Å². The maximum Gasteiger partial charge on any atom is 0.241 e. The molecule has 3 aromatic heterocycles. The number of hydrogen-bond acceptors (Lipinski definition) is 7. The summed E-state index contributed by atoms with van der Waals surface area (Å²) in [7, 11) is 0. The summed E-state index contributed by atoms with van der Waals surface area (Å²) in [4.78, 5) is 24.1. The van der Waals surface area contributed by atoms with Crippen LogP contribution in [-0.4, -0.2) is 39.0 Å². The van der Waals surface area contributed by atoms with E-state index in [0.717, 1.165) is 36.5 Å². The van der Waals surface area contributed by atoms with Crippen molar-refractivity contribution in [1.29, 1.82) is 0 Å². The highest BCUT2D eigenvalue weighted by Crippen LogP contribution is 2.23. The van der Waals surface area contributed by atoms with Gasteiger partial charge in [-0.25, -0.2) is 0 Å². The summed E-state index contributed by atoms with van der Waals surface area (Å²) in [5.41, 5.74) is 0.742. The molecule has 0 aromatic carbocycles. The molecule has 0 saturated carbocycles. The molecule has 0 unspecified atom stereocenters. The lowest BCUT2D eigenvalue weighted by Crippen LogP contribution is -2.37. The molecular formula is C18H19N5O2S. The third-order valence-electron chi connectivity index (χ3n) is 4.46. The van der Waals surface area contributed by atoms with Gasteiger partial charge in [0.05, 0.1) is 23.3 Å². The molecule has 1 N–H and O–H groups in total. The van der Waals surface area contributed by atoms with Crippen molar-refractivity contribution in [1.82, 2.24) is 20.0 Å². The number of likely N-dealkylation sites (tertiary alicyclic amines) is 1. The molecule has 4 heterocycles. The summed E-state index contributed by atoms with van der Waals surface area (Å²) >= 11 is 1.59. The Morgan fingerprint density at radius 2 is 2.19 bits per heavy atom. The number of anilines is 1. The van der Waals surface area contributed by atoms with Gasteiger partial charge in [-0.3, -0.25) is 14.7 Å². The Balaban J connectivity index is 1.28. The number of pyridine rings is 1. The van der Waals surface area contributed by atoms with Crippen LogP contribution in [0, 0.1) is 5.92 Å². The second kappa shape index (κ2) is 7.76. The SMILES string of the molecule is O=C(Nc1cccnc1)C1CCN(Cc2nc(-c3cccs3)no2)CC1. The van der Waals surface area contributed by atoms with Crippen LogP contribution >= 0.6 is 11.3 Å². The number of hydrogen-bond donors (Lipinski definition) is 1. The lowest BCUT2D eigenvalue weighted by Gasteiger charge is -2.30. The van der Waals surface area contributed by atoms with E-state index < -0.39 is 0 Å². The van der Waals surface area contributed by atoms with Crippen molar-refractivity contribution < 1.29 is 9.32 Å². The predicted octanol–water partition coefficient (Wildman–Crippen LogP) is 3.04. The molecule has 3 aromatic rings. The Labute approximate surface area is 155 Å². The van der Waals surface area contributed by atoms with Gasteiger partial charge in [-0.05, 0) is 49.5 Å². The molecule has 1 saturated heterocycles. The van der Waals surface area contributed by atoms with Crippen LogP contribution in [0.1, 0.15) is 18.7 Å². The van der Waals surface area contributed by atoms with E-state index >= 15 is 0 Å². The number of aromatic nitrogens is 3. The van der Waals surface area contributed by atoms with E-state index in [4.69, 9.17) is 4.52 Å². The summed E-state index contributed by atoms with van der Waals surface area (Å²) < 4.78 is 5.36. The average molecular weight is 369 g/mol. The van der Waals surface area contributed by atoms with E-state index in [2.05, 4.69) is 25.3 Å². The third kappa shape index (κ3) is 3.97. The van der Waals surface area contributed by atoms with Crippen LogP contribution in [0.5, 0.6) is 0 Å². The van der Waals surface area contributed by atoms with Crippen LogP contribution in [0.2, 0.25) is 0 Å². The number of piperidine rings is 1. The molecule has 4 rings (SSSR count). The average Bonchev–Trinajstić information content (AvgIpc) is 3.35. The Morgan fingerprint density at radius 3 is 2.92 bits per heavy atom. The molecule has 1 amide bonds. The molecule has 0 spiro atoms. The second-order valence-electron chi connectivity index (χ2n) is 6.27. The molecule has 1 aliphatic heterocycles. The van der Waals surface area contributed by atoms with Crippen LogP contribution in [-0.2, 0) is 11.3 Å². The van der Waals surface area contributed by atoms with Crippen molar-refractivity contribution in [3.05, 3.63) is 47.9 Å². The first-order valence-corrected chi connectivity index (χ1v) is 9.45. The zero-order chi connectivity index (χ0) is 17.8. The molecular weight excluding hydrogens is 350 g/mol. The second-order valence-corrected chi connectivity index (χ2v) is 7.22. The number of rotatable bonds is 5. The summed E-state index contributed by atoms with van der Waals surface area (Å²) in [5, 5.41) is 8.97. The van der Waals surface area contributed by atoms with Gasteiger partial charge < -0.3 is 9.84 Å². The first-order chi connectivity index (χ1) is 12.8. The van der Waals surface area contributed by atoms with Gasteiger partial charge in [0.1, 0.15) is 0 Å². The van der Waals surface area contributed by atoms with Gasteiger partial charge in [-0.1, -0.05) is 11.2 Å². The minimum Gasteiger partial charge on any atom is -0.338 e. The van der Waals surface area contributed by atoms with E-state index in [1.54, 1.807) is 23.7 Å². The zero-order valence-electron chi connectivity index (χ0n) is 14.2. The topological polar surface area (TPSA) is 84.2 Å². The summed E-state index contributed by atoms with van der Waals surface area (Å²) in [6.45, 7) is 2.29. The Hall–Kier alpha value is -2.58. The van der Waals surface area contributed by atoms with Gasteiger partial charge in [0.25, 0.3) is 0 Å². The fourth-order valence-corrected chi connectivity index (χ4v) is 3.70. The fourth-order valence-electron chi connectivity index (χ4n) is 3.05. The van der Waals surface area contributed by atoms with Gasteiger partial charge >= 0.3 is 0 Å². The minimum absolute atomic E-state index is 0.0239. The number of amides is 1. The van der Waals surface area contributed by atoms with Crippen molar-refractivity contribution in [3.8, 4) is 10.7 Å². The smallest absolute Gasteiger partial charge is 0.241 e. The first-order valence-electron chi connectivity index (χ1n) is 8.57. The molecule has 134 valence electrons. The molecule has 1 fully saturated rings. The van der Waals surface area contributed by atoms with Crippen molar-refractivity contribution in [2.24, 2.45) is 5.92 Å². The van der Waals surface area contributed by atoms with Crippen molar-refractivity contribution in [2.45, 2.75) is 19.4 Å². The number of nitrogens with zero attached hydrogens (tertiary/aromatic N) is 4. The lowest BCUT2D eigenvalue weighted by atomic mass is 9.96. The van der Waals surface area contributed by atoms with Crippen LogP contribution < -0.4 is 5.32 Å². The highest BCUT2D eigenvalue weighted by molar-refractivity contribution is 7.13. The minimum atomic E-state index is 0.0239. The van der Waals surface area contributed by atoms with Crippen LogP contribution in [0.4, 0.5) is 5.69 Å². The Morgan fingerprint density at radius 1 is 1.31 bits per heavy atom.